The molecule has 0 spiro atoms. The summed E-state index contributed by atoms with van der Waals surface area (Å²) in [6, 6.07) is 9.84. The van der Waals surface area contributed by atoms with E-state index in [4.69, 9.17) is 0 Å². The predicted octanol–water partition coefficient (Wildman–Crippen LogP) is 3.37. The average Bonchev–Trinajstić information content (AvgIpc) is 3.50. The molecule has 1 heterocycles. The molecule has 1 aromatic carbocycles. The van der Waals surface area contributed by atoms with Gasteiger partial charge in [0.05, 0.1) is 11.5 Å². The third-order valence-corrected chi connectivity index (χ3v) is 5.39. The zero-order valence-corrected chi connectivity index (χ0v) is 17.5. The van der Waals surface area contributed by atoms with Crippen LogP contribution in [0, 0.1) is 10.1 Å². The van der Waals surface area contributed by atoms with Gasteiger partial charge in [-0.1, -0.05) is 19.4 Å². The Morgan fingerprint density at radius 2 is 2.00 bits per heavy atom. The first-order chi connectivity index (χ1) is 14.4. The largest absolute Gasteiger partial charge is 0.353 e. The number of carbonyl (C=O) groups is 2. The van der Waals surface area contributed by atoms with Gasteiger partial charge in [0.2, 0.25) is 5.91 Å². The van der Waals surface area contributed by atoms with Crippen molar-refractivity contribution in [3.05, 3.63) is 64.0 Å². The molecule has 2 aromatic rings. The zero-order valence-electron chi connectivity index (χ0n) is 17.5. The molecule has 1 aliphatic rings. The lowest BCUT2D eigenvalue weighted by Crippen LogP contribution is -2.44. The second kappa shape index (κ2) is 9.56. The summed E-state index contributed by atoms with van der Waals surface area (Å²) in [5.41, 5.74) is 1.14. The molecule has 1 aliphatic carbocycles. The molecule has 1 aromatic heterocycles. The number of nitro groups is 1. The minimum atomic E-state index is -0.521. The van der Waals surface area contributed by atoms with Gasteiger partial charge in [-0.05, 0) is 37.5 Å². The van der Waals surface area contributed by atoms with Gasteiger partial charge in [-0.15, -0.1) is 0 Å². The summed E-state index contributed by atoms with van der Waals surface area (Å²) in [5.74, 6) is -0.441. The monoisotopic (exact) mass is 412 g/mol. The number of non-ortho nitro benzene ring substituents is 1. The highest BCUT2D eigenvalue weighted by Gasteiger charge is 2.34. The van der Waals surface area contributed by atoms with Crippen LogP contribution in [0.15, 0.2) is 42.6 Å². The Bertz CT molecular complexity index is 919. The molecule has 0 bridgehead atoms. The van der Waals surface area contributed by atoms with Crippen LogP contribution < -0.4 is 0 Å². The molecule has 3 rings (SSSR count). The van der Waals surface area contributed by atoms with Crippen LogP contribution >= 0.6 is 0 Å². The Hall–Kier alpha value is -3.16. The van der Waals surface area contributed by atoms with E-state index in [1.54, 1.807) is 6.07 Å². The maximum Gasteiger partial charge on any atom is 0.270 e. The van der Waals surface area contributed by atoms with Gasteiger partial charge in [0.1, 0.15) is 6.54 Å². The normalized spacial score (nSPS) is 13.1. The van der Waals surface area contributed by atoms with Gasteiger partial charge >= 0.3 is 0 Å². The average molecular weight is 412 g/mol. The number of aromatic nitrogens is 1. The first-order valence-corrected chi connectivity index (χ1v) is 10.3. The molecule has 1 saturated carbocycles. The maximum absolute atomic E-state index is 13.2. The van der Waals surface area contributed by atoms with Crippen molar-refractivity contribution >= 4 is 17.5 Å². The standard InChI is InChI=1S/C22H28N4O4/c1-3-4-13-24(22(28)17-7-5-8-19(14-17)26(29)30)16-21(27)25(18-10-11-18)15-20-9-6-12-23(20)2/h5-9,12,14,18H,3-4,10-11,13,15-16H2,1-2H3. The molecule has 8 nitrogen and oxygen atoms in total. The lowest BCUT2D eigenvalue weighted by atomic mass is 10.1. The van der Waals surface area contributed by atoms with Crippen molar-refractivity contribution in [3.8, 4) is 0 Å². The van der Waals surface area contributed by atoms with E-state index in [0.29, 0.717) is 13.1 Å². The van der Waals surface area contributed by atoms with E-state index in [1.807, 2.05) is 41.8 Å². The number of rotatable bonds is 10. The van der Waals surface area contributed by atoms with Crippen molar-refractivity contribution < 1.29 is 14.5 Å². The smallest absolute Gasteiger partial charge is 0.270 e. The van der Waals surface area contributed by atoms with Gasteiger partial charge in [-0.2, -0.15) is 0 Å². The number of amides is 2. The van der Waals surface area contributed by atoms with Crippen LogP contribution in [0.2, 0.25) is 0 Å². The highest BCUT2D eigenvalue weighted by atomic mass is 16.6. The van der Waals surface area contributed by atoms with Crippen LogP contribution in [-0.4, -0.2) is 50.2 Å². The van der Waals surface area contributed by atoms with E-state index in [1.165, 1.54) is 23.1 Å². The van der Waals surface area contributed by atoms with E-state index >= 15 is 0 Å². The third-order valence-electron chi connectivity index (χ3n) is 5.39. The van der Waals surface area contributed by atoms with E-state index in [9.17, 15) is 19.7 Å². The molecular weight excluding hydrogens is 384 g/mol. The number of hydrogen-bond donors (Lipinski definition) is 0. The SMILES string of the molecule is CCCCN(CC(=O)N(Cc1cccn1C)C1CC1)C(=O)c1cccc([N+](=O)[O-])c1. The fourth-order valence-electron chi connectivity index (χ4n) is 3.43. The minimum absolute atomic E-state index is 0.0253. The van der Waals surface area contributed by atoms with E-state index < -0.39 is 4.92 Å². The van der Waals surface area contributed by atoms with Crippen molar-refractivity contribution in [2.24, 2.45) is 7.05 Å². The molecule has 0 aliphatic heterocycles. The Kier molecular flexibility index (Phi) is 6.87. The van der Waals surface area contributed by atoms with Crippen LogP contribution in [0.1, 0.15) is 48.7 Å². The topological polar surface area (TPSA) is 88.7 Å². The molecule has 0 unspecified atom stereocenters. The maximum atomic E-state index is 13.2. The summed E-state index contributed by atoms with van der Waals surface area (Å²) in [4.78, 5) is 40.1. The first kappa shape index (κ1) is 21.5. The molecule has 8 heteroatoms. The lowest BCUT2D eigenvalue weighted by molar-refractivity contribution is -0.384. The Morgan fingerprint density at radius 3 is 2.60 bits per heavy atom. The van der Waals surface area contributed by atoms with Crippen LogP contribution in [-0.2, 0) is 18.4 Å². The van der Waals surface area contributed by atoms with Crippen LogP contribution in [0.4, 0.5) is 5.69 Å². The summed E-state index contributed by atoms with van der Waals surface area (Å²) < 4.78 is 1.99. The molecule has 2 amide bonds. The summed E-state index contributed by atoms with van der Waals surface area (Å²) in [6.45, 7) is 2.94. The number of nitro benzene ring substituents is 1. The predicted molar refractivity (Wildman–Crippen MR) is 113 cm³/mol. The Morgan fingerprint density at radius 1 is 1.23 bits per heavy atom. The molecule has 30 heavy (non-hydrogen) atoms. The van der Waals surface area contributed by atoms with Gasteiger partial charge in [-0.3, -0.25) is 19.7 Å². The van der Waals surface area contributed by atoms with Crippen molar-refractivity contribution in [2.75, 3.05) is 13.1 Å². The van der Waals surface area contributed by atoms with Gasteiger partial charge < -0.3 is 14.4 Å². The fourth-order valence-corrected chi connectivity index (χ4v) is 3.43. The molecule has 1 fully saturated rings. The minimum Gasteiger partial charge on any atom is -0.353 e. The number of nitrogens with zero attached hydrogens (tertiary/aromatic N) is 4. The van der Waals surface area contributed by atoms with Crippen molar-refractivity contribution in [2.45, 2.75) is 45.2 Å². The second-order valence-corrected chi connectivity index (χ2v) is 7.75. The van der Waals surface area contributed by atoms with Crippen molar-refractivity contribution in [1.82, 2.24) is 14.4 Å². The number of unbranched alkanes of at least 4 members (excludes halogenated alkanes) is 1. The first-order valence-electron chi connectivity index (χ1n) is 10.3. The zero-order chi connectivity index (χ0) is 21.7. The van der Waals surface area contributed by atoms with Crippen LogP contribution in [0.25, 0.3) is 0 Å². The number of hydrogen-bond acceptors (Lipinski definition) is 4. The van der Waals surface area contributed by atoms with Crippen LogP contribution in [0.5, 0.6) is 0 Å². The molecule has 0 radical (unpaired) electrons. The molecule has 0 atom stereocenters. The molecule has 0 saturated heterocycles. The highest BCUT2D eigenvalue weighted by Crippen LogP contribution is 2.29. The lowest BCUT2D eigenvalue weighted by Gasteiger charge is -2.28. The van der Waals surface area contributed by atoms with E-state index in [0.717, 1.165) is 31.4 Å². The molecular formula is C22H28N4O4. The van der Waals surface area contributed by atoms with Gasteiger partial charge in [0, 0.05) is 49.2 Å². The second-order valence-electron chi connectivity index (χ2n) is 7.75. The number of carbonyl (C=O) groups excluding carboxylic acids is 2. The Labute approximate surface area is 176 Å². The van der Waals surface area contributed by atoms with Crippen molar-refractivity contribution in [1.29, 1.82) is 0 Å². The highest BCUT2D eigenvalue weighted by molar-refractivity contribution is 5.97. The van der Waals surface area contributed by atoms with Gasteiger partial charge in [0.25, 0.3) is 11.6 Å². The fraction of sp³-hybridized carbons (Fsp3) is 0.455. The molecule has 0 N–H and O–H groups in total. The summed E-state index contributed by atoms with van der Waals surface area (Å²) in [5, 5.41) is 11.1. The summed E-state index contributed by atoms with van der Waals surface area (Å²) in [7, 11) is 1.95. The Balaban J connectivity index is 1.76. The van der Waals surface area contributed by atoms with E-state index in [2.05, 4.69) is 0 Å². The molecule has 160 valence electrons. The summed E-state index contributed by atoms with van der Waals surface area (Å²) >= 11 is 0. The van der Waals surface area contributed by atoms with Gasteiger partial charge in [0.15, 0.2) is 0 Å². The van der Waals surface area contributed by atoms with Gasteiger partial charge in [-0.25, -0.2) is 0 Å². The quantitative estimate of drug-likeness (QED) is 0.442. The third kappa shape index (κ3) is 5.25. The van der Waals surface area contributed by atoms with Crippen LogP contribution in [0.3, 0.4) is 0 Å². The summed E-state index contributed by atoms with van der Waals surface area (Å²) in [6.07, 6.45) is 5.54. The number of benzene rings is 1. The van der Waals surface area contributed by atoms with E-state index in [-0.39, 0.29) is 35.7 Å². The number of aryl methyl sites for hydroxylation is 1. The van der Waals surface area contributed by atoms with Crippen molar-refractivity contribution in [3.63, 3.8) is 0 Å².